The molecular formula is C9H14F5N. The second-order valence-electron chi connectivity index (χ2n) is 3.84. The smallest absolute Gasteiger partial charge is 0.308 e. The van der Waals surface area contributed by atoms with Crippen molar-refractivity contribution in [1.29, 1.82) is 0 Å². The first-order chi connectivity index (χ1) is 6.91. The van der Waals surface area contributed by atoms with Crippen molar-refractivity contribution in [2.45, 2.75) is 44.3 Å². The highest BCUT2D eigenvalue weighted by Crippen LogP contribution is 2.37. The van der Waals surface area contributed by atoms with Crippen LogP contribution in [-0.2, 0) is 0 Å². The predicted octanol–water partition coefficient (Wildman–Crippen LogP) is 2.96. The Morgan fingerprint density at radius 3 is 2.27 bits per heavy atom. The number of halogens is 5. The van der Waals surface area contributed by atoms with Gasteiger partial charge in [0.2, 0.25) is 0 Å². The molecule has 15 heavy (non-hydrogen) atoms. The van der Waals surface area contributed by atoms with Crippen LogP contribution in [0.5, 0.6) is 0 Å². The molecule has 0 radical (unpaired) electrons. The molecule has 0 aliphatic heterocycles. The van der Waals surface area contributed by atoms with Gasteiger partial charge in [-0.05, 0) is 12.8 Å². The Morgan fingerprint density at radius 2 is 1.73 bits per heavy atom. The molecule has 90 valence electrons. The molecule has 0 spiro atoms. The first kappa shape index (κ1) is 12.7. The minimum absolute atomic E-state index is 0.0460. The molecule has 0 aromatic rings. The molecule has 0 aromatic heterocycles. The zero-order chi connectivity index (χ0) is 11.5. The van der Waals surface area contributed by atoms with Crippen LogP contribution in [0.1, 0.15) is 25.7 Å². The number of rotatable bonds is 3. The van der Waals surface area contributed by atoms with E-state index in [9.17, 15) is 22.0 Å². The van der Waals surface area contributed by atoms with Crippen LogP contribution in [0.2, 0.25) is 0 Å². The molecule has 1 aliphatic carbocycles. The van der Waals surface area contributed by atoms with Crippen LogP contribution in [0.4, 0.5) is 22.0 Å². The Bertz CT molecular complexity index is 191. The van der Waals surface area contributed by atoms with Crippen LogP contribution >= 0.6 is 0 Å². The topological polar surface area (TPSA) is 12.0 Å². The second kappa shape index (κ2) is 5.09. The molecular weight excluding hydrogens is 217 g/mol. The number of nitrogens with one attached hydrogen (secondary N) is 1. The van der Waals surface area contributed by atoms with Crippen molar-refractivity contribution < 1.29 is 22.0 Å². The Morgan fingerprint density at radius 1 is 1.13 bits per heavy atom. The Hall–Kier alpha value is -0.390. The lowest BCUT2D eigenvalue weighted by Gasteiger charge is -2.33. The van der Waals surface area contributed by atoms with Crippen molar-refractivity contribution in [3.63, 3.8) is 0 Å². The first-order valence-corrected chi connectivity index (χ1v) is 4.99. The van der Waals surface area contributed by atoms with Gasteiger partial charge in [0.05, 0.1) is 12.5 Å². The Kier molecular flexibility index (Phi) is 4.31. The summed E-state index contributed by atoms with van der Waals surface area (Å²) in [6.07, 6.45) is -5.30. The van der Waals surface area contributed by atoms with Crippen LogP contribution in [-0.4, -0.2) is 25.2 Å². The number of hydrogen-bond acceptors (Lipinski definition) is 1. The summed E-state index contributed by atoms with van der Waals surface area (Å²) in [5.41, 5.74) is 0. The average molecular weight is 231 g/mol. The monoisotopic (exact) mass is 231 g/mol. The van der Waals surface area contributed by atoms with Gasteiger partial charge in [0.1, 0.15) is 0 Å². The third-order valence-corrected chi connectivity index (χ3v) is 2.72. The van der Waals surface area contributed by atoms with Crippen LogP contribution in [0.15, 0.2) is 0 Å². The predicted molar refractivity (Wildman–Crippen MR) is 45.8 cm³/mol. The van der Waals surface area contributed by atoms with Gasteiger partial charge in [-0.3, -0.25) is 0 Å². The third-order valence-electron chi connectivity index (χ3n) is 2.72. The van der Waals surface area contributed by atoms with E-state index in [0.29, 0.717) is 19.3 Å². The molecule has 0 saturated heterocycles. The molecule has 0 aromatic carbocycles. The van der Waals surface area contributed by atoms with Gasteiger partial charge < -0.3 is 5.32 Å². The highest BCUT2D eigenvalue weighted by atomic mass is 19.4. The lowest BCUT2D eigenvalue weighted by atomic mass is 9.84. The van der Waals surface area contributed by atoms with Crippen LogP contribution < -0.4 is 5.32 Å². The molecule has 2 atom stereocenters. The summed E-state index contributed by atoms with van der Waals surface area (Å²) < 4.78 is 61.2. The molecule has 1 aliphatic rings. The van der Waals surface area contributed by atoms with Gasteiger partial charge in [-0.1, -0.05) is 12.8 Å². The van der Waals surface area contributed by atoms with Crippen molar-refractivity contribution in [3.05, 3.63) is 0 Å². The maximum atomic E-state index is 12.5. The molecule has 1 fully saturated rings. The van der Waals surface area contributed by atoms with Crippen molar-refractivity contribution in [3.8, 4) is 0 Å². The third kappa shape index (κ3) is 3.93. The quantitative estimate of drug-likeness (QED) is 0.736. The summed E-state index contributed by atoms with van der Waals surface area (Å²) in [4.78, 5) is 0. The summed E-state index contributed by atoms with van der Waals surface area (Å²) in [7, 11) is 0. The lowest BCUT2D eigenvalue weighted by molar-refractivity contribution is -0.189. The summed E-state index contributed by atoms with van der Waals surface area (Å²) >= 11 is 0. The summed E-state index contributed by atoms with van der Waals surface area (Å²) in [6, 6.07) is -0.840. The van der Waals surface area contributed by atoms with Gasteiger partial charge in [-0.25, -0.2) is 8.78 Å². The van der Waals surface area contributed by atoms with E-state index in [4.69, 9.17) is 0 Å². The van der Waals surface area contributed by atoms with Crippen molar-refractivity contribution >= 4 is 0 Å². The van der Waals surface area contributed by atoms with Gasteiger partial charge in [0, 0.05) is 6.04 Å². The van der Waals surface area contributed by atoms with Crippen molar-refractivity contribution in [1.82, 2.24) is 5.32 Å². The summed E-state index contributed by atoms with van der Waals surface area (Å²) in [5, 5.41) is 2.31. The SMILES string of the molecule is FC(F)CNC1CCCCC1C(F)(F)F. The lowest BCUT2D eigenvalue weighted by Crippen LogP contribution is -2.46. The standard InChI is InChI=1S/C9H14F5N/c10-8(11)5-15-7-4-2-1-3-6(7)9(12,13)14/h6-8,15H,1-5H2. The van der Waals surface area contributed by atoms with Crippen LogP contribution in [0, 0.1) is 5.92 Å². The number of hydrogen-bond donors (Lipinski definition) is 1. The molecule has 0 amide bonds. The maximum absolute atomic E-state index is 12.5. The van der Waals surface area contributed by atoms with Crippen molar-refractivity contribution in [2.24, 2.45) is 5.92 Å². The van der Waals surface area contributed by atoms with E-state index >= 15 is 0 Å². The molecule has 1 rings (SSSR count). The molecule has 0 heterocycles. The molecule has 2 unspecified atom stereocenters. The number of alkyl halides is 5. The second-order valence-corrected chi connectivity index (χ2v) is 3.84. The minimum atomic E-state index is -4.28. The van der Waals surface area contributed by atoms with Gasteiger partial charge in [0.25, 0.3) is 6.43 Å². The van der Waals surface area contributed by atoms with Crippen LogP contribution in [0.3, 0.4) is 0 Å². The first-order valence-electron chi connectivity index (χ1n) is 4.99. The highest BCUT2D eigenvalue weighted by Gasteiger charge is 2.45. The highest BCUT2D eigenvalue weighted by molar-refractivity contribution is 4.85. The fraction of sp³-hybridized carbons (Fsp3) is 1.00. The van der Waals surface area contributed by atoms with Gasteiger partial charge in [0.15, 0.2) is 0 Å². The van der Waals surface area contributed by atoms with E-state index < -0.39 is 31.1 Å². The van der Waals surface area contributed by atoms with Gasteiger partial charge in [-0.2, -0.15) is 13.2 Å². The Labute approximate surface area is 85.0 Å². The fourth-order valence-electron chi connectivity index (χ4n) is 2.01. The fourth-order valence-corrected chi connectivity index (χ4v) is 2.01. The zero-order valence-electron chi connectivity index (χ0n) is 8.16. The van der Waals surface area contributed by atoms with E-state index in [1.807, 2.05) is 0 Å². The molecule has 0 bridgehead atoms. The van der Waals surface area contributed by atoms with Crippen LogP contribution in [0.25, 0.3) is 0 Å². The summed E-state index contributed by atoms with van der Waals surface area (Å²) in [5.74, 6) is -1.47. The Balaban J connectivity index is 2.50. The molecule has 1 saturated carbocycles. The zero-order valence-corrected chi connectivity index (χ0v) is 8.16. The average Bonchev–Trinajstić information content (AvgIpc) is 2.13. The van der Waals surface area contributed by atoms with Gasteiger partial charge >= 0.3 is 6.18 Å². The normalized spacial score (nSPS) is 28.4. The largest absolute Gasteiger partial charge is 0.393 e. The minimum Gasteiger partial charge on any atom is -0.308 e. The van der Waals surface area contributed by atoms with E-state index in [2.05, 4.69) is 5.32 Å². The van der Waals surface area contributed by atoms with E-state index in [0.717, 1.165) is 0 Å². The summed E-state index contributed by atoms with van der Waals surface area (Å²) in [6.45, 7) is -0.656. The molecule has 1 N–H and O–H groups in total. The van der Waals surface area contributed by atoms with E-state index in [-0.39, 0.29) is 6.42 Å². The van der Waals surface area contributed by atoms with Crippen molar-refractivity contribution in [2.75, 3.05) is 6.54 Å². The van der Waals surface area contributed by atoms with E-state index in [1.165, 1.54) is 0 Å². The maximum Gasteiger partial charge on any atom is 0.393 e. The van der Waals surface area contributed by atoms with Gasteiger partial charge in [-0.15, -0.1) is 0 Å². The molecule has 1 nitrogen and oxygen atoms in total. The van der Waals surface area contributed by atoms with E-state index in [1.54, 1.807) is 0 Å². The molecule has 6 heteroatoms.